The molecule has 1 unspecified atom stereocenters. The van der Waals surface area contributed by atoms with E-state index in [1.807, 2.05) is 18.2 Å². The fraction of sp³-hybridized carbons (Fsp3) is 0.188. The van der Waals surface area contributed by atoms with E-state index in [9.17, 15) is 35.9 Å². The zero-order valence-corrected chi connectivity index (χ0v) is 23.7. The summed E-state index contributed by atoms with van der Waals surface area (Å²) >= 11 is 0. The van der Waals surface area contributed by atoms with Crippen molar-refractivity contribution >= 4 is 23.7 Å². The van der Waals surface area contributed by atoms with Gasteiger partial charge in [-0.3, -0.25) is 9.78 Å². The lowest BCUT2D eigenvalue weighted by Crippen LogP contribution is -2.35. The predicted molar refractivity (Wildman–Crippen MR) is 154 cm³/mol. The SMILES string of the molecule is O=C(NC1Cc2ccc(NC(=O)c3ccccc3-c3ccc(C(F)(F)F)cc3)cc2C1)OCc1ccccn1.O=C(O)C(F)(F)F. The van der Waals surface area contributed by atoms with Crippen LogP contribution in [0.2, 0.25) is 0 Å². The molecule has 0 radical (unpaired) electrons. The first kappa shape index (κ1) is 33.5. The molecule has 1 aliphatic rings. The molecule has 240 valence electrons. The van der Waals surface area contributed by atoms with Gasteiger partial charge in [-0.25, -0.2) is 9.59 Å². The van der Waals surface area contributed by atoms with Crippen molar-refractivity contribution in [2.45, 2.75) is 37.8 Å². The molecule has 46 heavy (non-hydrogen) atoms. The molecule has 14 heteroatoms. The molecule has 1 aromatic heterocycles. The number of nitrogens with zero attached hydrogens (tertiary/aromatic N) is 1. The lowest BCUT2D eigenvalue weighted by molar-refractivity contribution is -0.192. The van der Waals surface area contributed by atoms with Gasteiger partial charge in [0.15, 0.2) is 0 Å². The number of aliphatic carboxylic acids is 1. The number of fused-ring (bicyclic) bond motifs is 1. The van der Waals surface area contributed by atoms with Crippen molar-refractivity contribution in [3.63, 3.8) is 0 Å². The molecule has 1 atom stereocenters. The van der Waals surface area contributed by atoms with Gasteiger partial charge in [-0.1, -0.05) is 42.5 Å². The van der Waals surface area contributed by atoms with Crippen molar-refractivity contribution in [3.8, 4) is 11.1 Å². The van der Waals surface area contributed by atoms with Gasteiger partial charge in [0.05, 0.1) is 11.3 Å². The van der Waals surface area contributed by atoms with E-state index in [-0.39, 0.29) is 18.6 Å². The molecule has 0 saturated heterocycles. The Balaban J connectivity index is 0.000000617. The highest BCUT2D eigenvalue weighted by atomic mass is 19.4. The number of aromatic nitrogens is 1. The monoisotopic (exact) mass is 645 g/mol. The highest BCUT2D eigenvalue weighted by Gasteiger charge is 2.38. The Morgan fingerprint density at radius 2 is 1.50 bits per heavy atom. The number of benzene rings is 3. The number of hydrogen-bond acceptors (Lipinski definition) is 5. The summed E-state index contributed by atoms with van der Waals surface area (Å²) in [7, 11) is 0. The van der Waals surface area contributed by atoms with Crippen LogP contribution < -0.4 is 10.6 Å². The second kappa shape index (κ2) is 14.1. The van der Waals surface area contributed by atoms with E-state index < -0.39 is 30.0 Å². The Kier molecular flexibility index (Phi) is 10.3. The quantitative estimate of drug-likeness (QED) is 0.194. The van der Waals surface area contributed by atoms with Crippen LogP contribution in [0.1, 0.15) is 32.7 Å². The van der Waals surface area contributed by atoms with Gasteiger partial charge < -0.3 is 20.5 Å². The first-order chi connectivity index (χ1) is 21.7. The normalized spacial score (nSPS) is 13.9. The first-order valence-electron chi connectivity index (χ1n) is 13.5. The highest BCUT2D eigenvalue weighted by Crippen LogP contribution is 2.32. The number of alkyl halides is 6. The third-order valence-electron chi connectivity index (χ3n) is 6.73. The average Bonchev–Trinajstić information content (AvgIpc) is 3.41. The second-order valence-electron chi connectivity index (χ2n) is 10.0. The van der Waals surface area contributed by atoms with E-state index in [1.54, 1.807) is 48.7 Å². The summed E-state index contributed by atoms with van der Waals surface area (Å²) in [5.41, 5.74) is 3.92. The summed E-state index contributed by atoms with van der Waals surface area (Å²) in [6.45, 7) is 0.0798. The van der Waals surface area contributed by atoms with E-state index in [1.165, 1.54) is 12.1 Å². The topological polar surface area (TPSA) is 118 Å². The third-order valence-corrected chi connectivity index (χ3v) is 6.73. The Morgan fingerprint density at radius 1 is 0.848 bits per heavy atom. The molecule has 0 bridgehead atoms. The van der Waals surface area contributed by atoms with Crippen molar-refractivity contribution in [3.05, 3.63) is 119 Å². The van der Waals surface area contributed by atoms with Gasteiger partial charge in [-0.15, -0.1) is 0 Å². The van der Waals surface area contributed by atoms with Crippen LogP contribution in [0.15, 0.2) is 91.1 Å². The molecule has 3 N–H and O–H groups in total. The summed E-state index contributed by atoms with van der Waals surface area (Å²) in [6.07, 6.45) is -7.18. The first-order valence-corrected chi connectivity index (χ1v) is 13.5. The number of rotatable bonds is 6. The Labute approximate surface area is 258 Å². The minimum atomic E-state index is -5.08. The van der Waals surface area contributed by atoms with E-state index in [2.05, 4.69) is 15.6 Å². The Hall–Kier alpha value is -5.40. The number of carbonyl (C=O) groups is 3. The Morgan fingerprint density at radius 3 is 2.13 bits per heavy atom. The second-order valence-corrected chi connectivity index (χ2v) is 10.0. The van der Waals surface area contributed by atoms with Crippen molar-refractivity contribution in [2.75, 3.05) is 5.32 Å². The number of carboxylic acids is 1. The molecule has 1 aliphatic carbocycles. The van der Waals surface area contributed by atoms with Crippen molar-refractivity contribution in [1.82, 2.24) is 10.3 Å². The van der Waals surface area contributed by atoms with Gasteiger partial charge >= 0.3 is 24.4 Å². The van der Waals surface area contributed by atoms with Crippen molar-refractivity contribution in [1.29, 1.82) is 0 Å². The van der Waals surface area contributed by atoms with E-state index in [0.717, 1.165) is 23.3 Å². The number of alkyl carbamates (subject to hydrolysis) is 1. The molecule has 2 amide bonds. The van der Waals surface area contributed by atoms with Crippen molar-refractivity contribution in [2.24, 2.45) is 0 Å². The number of carboxylic acid groups (broad SMARTS) is 1. The number of hydrogen-bond donors (Lipinski definition) is 3. The summed E-state index contributed by atoms with van der Waals surface area (Å²) in [5, 5.41) is 12.9. The smallest absolute Gasteiger partial charge is 0.475 e. The maximum Gasteiger partial charge on any atom is 0.490 e. The number of carbonyl (C=O) groups excluding carboxylic acids is 2. The van der Waals surface area contributed by atoms with E-state index in [4.69, 9.17) is 14.6 Å². The van der Waals surface area contributed by atoms with Crippen LogP contribution in [0.4, 0.5) is 36.8 Å². The number of anilines is 1. The number of nitrogens with one attached hydrogen (secondary N) is 2. The molecule has 4 aromatic rings. The third kappa shape index (κ3) is 9.06. The highest BCUT2D eigenvalue weighted by molar-refractivity contribution is 6.08. The van der Waals surface area contributed by atoms with Gasteiger partial charge in [0.2, 0.25) is 0 Å². The number of pyridine rings is 1. The minimum Gasteiger partial charge on any atom is -0.475 e. The number of halogens is 6. The maximum atomic E-state index is 13.2. The molecule has 0 saturated carbocycles. The van der Waals surface area contributed by atoms with Crippen LogP contribution in [-0.2, 0) is 35.2 Å². The van der Waals surface area contributed by atoms with Gasteiger partial charge in [0.25, 0.3) is 5.91 Å². The molecule has 1 heterocycles. The summed E-state index contributed by atoms with van der Waals surface area (Å²) in [4.78, 5) is 38.4. The van der Waals surface area contributed by atoms with Crippen LogP contribution in [0.5, 0.6) is 0 Å². The van der Waals surface area contributed by atoms with Crippen LogP contribution in [-0.4, -0.2) is 40.3 Å². The molecule has 0 spiro atoms. The zero-order chi connectivity index (χ0) is 33.5. The maximum absolute atomic E-state index is 13.2. The fourth-order valence-corrected chi connectivity index (χ4v) is 4.60. The predicted octanol–water partition coefficient (Wildman–Crippen LogP) is 7.05. The summed E-state index contributed by atoms with van der Waals surface area (Å²) in [6, 6.07) is 22.3. The summed E-state index contributed by atoms with van der Waals surface area (Å²) < 4.78 is 75.9. The zero-order valence-electron chi connectivity index (χ0n) is 23.7. The minimum absolute atomic E-state index is 0.0798. The molecular weight excluding hydrogens is 620 g/mol. The van der Waals surface area contributed by atoms with E-state index in [0.29, 0.717) is 40.9 Å². The van der Waals surface area contributed by atoms with Gasteiger partial charge in [0, 0.05) is 23.5 Å². The lowest BCUT2D eigenvalue weighted by atomic mass is 9.98. The fourth-order valence-electron chi connectivity index (χ4n) is 4.60. The van der Waals surface area contributed by atoms with Gasteiger partial charge in [-0.2, -0.15) is 26.3 Å². The van der Waals surface area contributed by atoms with Gasteiger partial charge in [0.1, 0.15) is 6.61 Å². The standard InChI is InChI=1S/C30H24F3N3O3.C2HF3O2/c31-30(32,33)22-11-8-19(9-12-22)26-6-1-2-7-27(26)28(37)35-23-13-10-20-15-25(17-21(20)16-23)36-29(38)39-18-24-5-3-4-14-34-24;3-2(4,5)1(6)7/h1-14,16,25H,15,17-18H2,(H,35,37)(H,36,38);(H,6,7). The van der Waals surface area contributed by atoms with Crippen LogP contribution in [0.3, 0.4) is 0 Å². The molecule has 0 fully saturated rings. The number of amides is 2. The van der Waals surface area contributed by atoms with Crippen LogP contribution in [0.25, 0.3) is 11.1 Å². The summed E-state index contributed by atoms with van der Waals surface area (Å²) in [5.74, 6) is -3.14. The largest absolute Gasteiger partial charge is 0.490 e. The molecular formula is C32H25F6N3O5. The molecule has 3 aromatic carbocycles. The van der Waals surface area contributed by atoms with Crippen LogP contribution in [0, 0.1) is 0 Å². The van der Waals surface area contributed by atoms with Crippen molar-refractivity contribution < 1.29 is 50.6 Å². The van der Waals surface area contributed by atoms with Crippen LogP contribution >= 0.6 is 0 Å². The molecule has 8 nitrogen and oxygen atoms in total. The lowest BCUT2D eigenvalue weighted by Gasteiger charge is -2.13. The number of ether oxygens (including phenoxy) is 1. The molecule has 0 aliphatic heterocycles. The van der Waals surface area contributed by atoms with Gasteiger partial charge in [-0.05, 0) is 77.6 Å². The molecule has 5 rings (SSSR count). The Bertz CT molecular complexity index is 1690. The average molecular weight is 646 g/mol. The van der Waals surface area contributed by atoms with E-state index >= 15 is 0 Å².